The number of rotatable bonds is 4. The van der Waals surface area contributed by atoms with Gasteiger partial charge >= 0.3 is 21.7 Å². The largest absolute Gasteiger partial charge is 4.00 e. The van der Waals surface area contributed by atoms with Gasteiger partial charge in [-0.1, -0.05) is 0 Å². The van der Waals surface area contributed by atoms with Gasteiger partial charge in [0.15, 0.2) is 0 Å². The molecule has 0 bridgehead atoms. The van der Waals surface area contributed by atoms with Crippen LogP contribution in [0.15, 0.2) is 49.1 Å². The Morgan fingerprint density at radius 1 is 0.485 bits per heavy atom. The second-order valence-electron chi connectivity index (χ2n) is 5.03. The minimum Gasteiger partial charge on any atom is -0.543 e. The standard InChI is InChI=1S/4C4H4N2O2.Ti/c4*7-4(8)3-1-2-5-6-3;/h4*1-2H,(H,5,6)(H,7,8);/q;;;;+4/p-4. The number of nitrogens with zero attached hydrogens (tertiary/aromatic N) is 4. The summed E-state index contributed by atoms with van der Waals surface area (Å²) in [6.07, 6.45) is 5.41. The zero-order chi connectivity index (χ0) is 23.9. The average molecular weight is 492 g/mol. The Morgan fingerprint density at radius 2 is 0.667 bits per heavy atom. The van der Waals surface area contributed by atoms with Crippen molar-refractivity contribution in [3.05, 3.63) is 71.8 Å². The van der Waals surface area contributed by atoms with Crippen LogP contribution in [0.5, 0.6) is 0 Å². The first-order valence-corrected chi connectivity index (χ1v) is 8.05. The predicted octanol–water partition coefficient (Wildman–Crippen LogP) is -4.91. The van der Waals surface area contributed by atoms with Crippen LogP contribution in [-0.4, -0.2) is 64.7 Å². The van der Waals surface area contributed by atoms with Gasteiger partial charge in [-0.2, -0.15) is 20.4 Å². The molecule has 0 radical (unpaired) electrons. The van der Waals surface area contributed by atoms with Gasteiger partial charge in [-0.05, 0) is 24.3 Å². The summed E-state index contributed by atoms with van der Waals surface area (Å²) in [7, 11) is 0. The van der Waals surface area contributed by atoms with E-state index in [1.54, 1.807) is 0 Å². The number of aromatic amines is 4. The van der Waals surface area contributed by atoms with E-state index in [0.717, 1.165) is 0 Å². The summed E-state index contributed by atoms with van der Waals surface area (Å²) in [4.78, 5) is 39.5. The van der Waals surface area contributed by atoms with Crippen LogP contribution in [0.2, 0.25) is 0 Å². The molecular formula is C16H12N8O8Ti. The van der Waals surface area contributed by atoms with Crippen molar-refractivity contribution in [3.63, 3.8) is 0 Å². The van der Waals surface area contributed by atoms with Gasteiger partial charge in [-0.3, -0.25) is 20.4 Å². The third-order valence-electron chi connectivity index (χ3n) is 2.88. The van der Waals surface area contributed by atoms with Crippen LogP contribution in [0.25, 0.3) is 0 Å². The molecular weight excluding hydrogens is 480 g/mol. The minimum atomic E-state index is -1.23. The molecule has 0 aliphatic carbocycles. The maximum Gasteiger partial charge on any atom is 4.00 e. The van der Waals surface area contributed by atoms with Crippen LogP contribution in [0, 0.1) is 0 Å². The van der Waals surface area contributed by atoms with E-state index in [0.29, 0.717) is 0 Å². The Kier molecular flexibility index (Phi) is 13.2. The molecule has 0 saturated heterocycles. The molecule has 0 saturated carbocycles. The molecule has 4 rings (SSSR count). The summed E-state index contributed by atoms with van der Waals surface area (Å²) in [5.41, 5.74) is 0.0185. The Balaban J connectivity index is 0.000000410. The van der Waals surface area contributed by atoms with E-state index >= 15 is 0 Å². The topological polar surface area (TPSA) is 275 Å². The molecule has 4 aromatic rings. The summed E-state index contributed by atoms with van der Waals surface area (Å²) in [5.74, 6) is -4.94. The molecule has 4 aromatic heterocycles. The number of hydrogen-bond donors (Lipinski definition) is 4. The van der Waals surface area contributed by atoms with Crippen LogP contribution in [0.4, 0.5) is 0 Å². The van der Waals surface area contributed by atoms with Crippen molar-refractivity contribution in [1.29, 1.82) is 0 Å². The number of nitrogens with one attached hydrogen (secondary N) is 4. The Hall–Kier alpha value is -4.57. The number of carboxylic acid groups (broad SMARTS) is 4. The molecule has 0 unspecified atom stereocenters. The molecule has 0 aliphatic heterocycles. The van der Waals surface area contributed by atoms with E-state index in [9.17, 15) is 39.6 Å². The van der Waals surface area contributed by atoms with Crippen molar-refractivity contribution in [3.8, 4) is 0 Å². The zero-order valence-electron chi connectivity index (χ0n) is 16.2. The number of carboxylic acids is 4. The van der Waals surface area contributed by atoms with Crippen molar-refractivity contribution in [2.75, 3.05) is 0 Å². The average Bonchev–Trinajstić information content (AvgIpc) is 3.56. The minimum absolute atomic E-state index is 0. The normalized spacial score (nSPS) is 8.73. The van der Waals surface area contributed by atoms with Crippen molar-refractivity contribution in [1.82, 2.24) is 40.8 Å². The molecule has 16 nitrogen and oxygen atoms in total. The number of carbonyl (C=O) groups is 4. The first-order valence-electron chi connectivity index (χ1n) is 8.05. The number of aromatic nitrogens is 8. The summed E-state index contributed by atoms with van der Waals surface area (Å²) in [6, 6.07) is 5.31. The van der Waals surface area contributed by atoms with E-state index in [4.69, 9.17) is 0 Å². The van der Waals surface area contributed by atoms with Crippen LogP contribution in [0.3, 0.4) is 0 Å². The first kappa shape index (κ1) is 28.4. The third kappa shape index (κ3) is 11.4. The molecule has 0 amide bonds. The molecule has 0 atom stereocenters. The van der Waals surface area contributed by atoms with Gasteiger partial charge in [0.2, 0.25) is 0 Å². The SMILES string of the molecule is O=C([O-])c1ccn[nH]1.O=C([O-])c1ccn[nH]1.O=C([O-])c1ccn[nH]1.O=C([O-])c1ccn[nH]1.[Ti+4]. The fourth-order valence-corrected chi connectivity index (χ4v) is 1.48. The van der Waals surface area contributed by atoms with E-state index in [2.05, 4.69) is 40.8 Å². The summed E-state index contributed by atoms with van der Waals surface area (Å²) in [5, 5.41) is 62.0. The van der Waals surface area contributed by atoms with E-state index in [-0.39, 0.29) is 44.5 Å². The van der Waals surface area contributed by atoms with Crippen molar-refractivity contribution in [2.24, 2.45) is 0 Å². The number of carbonyl (C=O) groups excluding carboxylic acids is 4. The maximum absolute atomic E-state index is 9.88. The van der Waals surface area contributed by atoms with Gasteiger partial charge in [0.05, 0.1) is 46.7 Å². The molecule has 4 heterocycles. The molecule has 17 heteroatoms. The van der Waals surface area contributed by atoms with Gasteiger partial charge in [-0.15, -0.1) is 0 Å². The fraction of sp³-hybridized carbons (Fsp3) is 0. The van der Waals surface area contributed by atoms with Crippen LogP contribution in [-0.2, 0) is 21.7 Å². The van der Waals surface area contributed by atoms with E-state index in [1.165, 1.54) is 49.1 Å². The van der Waals surface area contributed by atoms with Gasteiger partial charge in [0.25, 0.3) is 0 Å². The molecule has 0 aromatic carbocycles. The van der Waals surface area contributed by atoms with Crippen LogP contribution < -0.4 is 20.4 Å². The molecule has 33 heavy (non-hydrogen) atoms. The van der Waals surface area contributed by atoms with E-state index < -0.39 is 23.9 Å². The van der Waals surface area contributed by atoms with Crippen LogP contribution >= 0.6 is 0 Å². The molecule has 0 aliphatic rings. The van der Waals surface area contributed by atoms with Gasteiger partial charge in [0, 0.05) is 24.8 Å². The molecule has 168 valence electrons. The summed E-state index contributed by atoms with van der Waals surface area (Å²) in [6.45, 7) is 0. The second kappa shape index (κ2) is 15.3. The zero-order valence-corrected chi connectivity index (χ0v) is 17.7. The van der Waals surface area contributed by atoms with Crippen molar-refractivity contribution in [2.45, 2.75) is 0 Å². The quantitative estimate of drug-likeness (QED) is 0.195. The van der Waals surface area contributed by atoms with Gasteiger partial charge in [0.1, 0.15) is 0 Å². The molecule has 0 fully saturated rings. The third-order valence-corrected chi connectivity index (χ3v) is 2.88. The van der Waals surface area contributed by atoms with E-state index in [1.807, 2.05) is 0 Å². The summed E-state index contributed by atoms with van der Waals surface area (Å²) >= 11 is 0. The number of H-pyrrole nitrogens is 4. The van der Waals surface area contributed by atoms with Crippen LogP contribution in [0.1, 0.15) is 42.0 Å². The second-order valence-corrected chi connectivity index (χ2v) is 5.03. The smallest absolute Gasteiger partial charge is 0.543 e. The first-order chi connectivity index (χ1) is 15.2. The Bertz CT molecular complexity index is 903. The predicted molar refractivity (Wildman–Crippen MR) is 91.7 cm³/mol. The van der Waals surface area contributed by atoms with Gasteiger partial charge < -0.3 is 39.6 Å². The van der Waals surface area contributed by atoms with Crippen molar-refractivity contribution < 1.29 is 61.3 Å². The molecule has 4 N–H and O–H groups in total. The Morgan fingerprint density at radius 3 is 0.727 bits per heavy atom. The van der Waals surface area contributed by atoms with Crippen molar-refractivity contribution >= 4 is 23.9 Å². The maximum atomic E-state index is 9.88. The Labute approximate surface area is 197 Å². The van der Waals surface area contributed by atoms with Gasteiger partial charge in [-0.25, -0.2) is 0 Å². The molecule has 0 spiro atoms. The summed E-state index contributed by atoms with van der Waals surface area (Å²) < 4.78 is 0. The number of aromatic carboxylic acids is 4. The number of hydrogen-bond acceptors (Lipinski definition) is 12. The monoisotopic (exact) mass is 492 g/mol. The fourth-order valence-electron chi connectivity index (χ4n) is 1.48.